The molecule has 2 atom stereocenters. The fraction of sp³-hybridized carbons (Fsp3) is 0.917. The molecule has 16 heavy (non-hydrogen) atoms. The number of nitrogens with one attached hydrogen (secondary N) is 1. The summed E-state index contributed by atoms with van der Waals surface area (Å²) in [6, 6.07) is 0. The second-order valence-corrected chi connectivity index (χ2v) is 6.31. The van der Waals surface area contributed by atoms with E-state index in [1.165, 1.54) is 30.9 Å². The van der Waals surface area contributed by atoms with Gasteiger partial charge in [0.25, 0.3) is 0 Å². The summed E-state index contributed by atoms with van der Waals surface area (Å²) in [5.74, 6) is 1.75. The van der Waals surface area contributed by atoms with Gasteiger partial charge < -0.3 is 10.1 Å². The van der Waals surface area contributed by atoms with Crippen molar-refractivity contribution in [3.8, 4) is 0 Å². The van der Waals surface area contributed by atoms with Crippen molar-refractivity contribution in [2.45, 2.75) is 30.9 Å². The Morgan fingerprint density at radius 3 is 3.06 bits per heavy atom. The molecular formula is C12H20N2OS. The second-order valence-electron chi connectivity index (χ2n) is 5.08. The Hall–Kier alpha value is -0.220. The normalized spacial score (nSPS) is 34.1. The lowest BCUT2D eigenvalue weighted by atomic mass is 10.1. The van der Waals surface area contributed by atoms with E-state index in [9.17, 15) is 0 Å². The minimum Gasteiger partial charge on any atom is -0.381 e. The zero-order chi connectivity index (χ0) is 10.8. The molecule has 2 fully saturated rings. The van der Waals surface area contributed by atoms with E-state index in [0.29, 0.717) is 0 Å². The molecule has 2 aliphatic heterocycles. The molecule has 90 valence electrons. The van der Waals surface area contributed by atoms with Crippen LogP contribution in [0.15, 0.2) is 4.99 Å². The van der Waals surface area contributed by atoms with E-state index < -0.39 is 0 Å². The van der Waals surface area contributed by atoms with Crippen molar-refractivity contribution in [2.24, 2.45) is 16.8 Å². The highest BCUT2D eigenvalue weighted by Crippen LogP contribution is 2.41. The molecule has 0 spiro atoms. The molecule has 0 bridgehead atoms. The Balaban J connectivity index is 1.33. The number of ether oxygens (including phenoxy) is 1. The summed E-state index contributed by atoms with van der Waals surface area (Å²) in [6.07, 6.45) is 5.33. The molecule has 0 radical (unpaired) electrons. The van der Waals surface area contributed by atoms with Crippen LogP contribution in [0, 0.1) is 11.8 Å². The molecule has 0 aromatic rings. The molecule has 1 saturated carbocycles. The topological polar surface area (TPSA) is 33.6 Å². The maximum Gasteiger partial charge on any atom is 0.156 e. The predicted octanol–water partition coefficient (Wildman–Crippen LogP) is 1.88. The van der Waals surface area contributed by atoms with E-state index in [0.717, 1.165) is 43.4 Å². The average molecular weight is 240 g/mol. The molecule has 2 heterocycles. The van der Waals surface area contributed by atoms with Crippen LogP contribution >= 0.6 is 11.8 Å². The first-order valence-electron chi connectivity index (χ1n) is 6.44. The van der Waals surface area contributed by atoms with Crippen molar-refractivity contribution in [3.05, 3.63) is 0 Å². The first-order chi connectivity index (χ1) is 7.92. The molecule has 3 nitrogen and oxygen atoms in total. The summed E-state index contributed by atoms with van der Waals surface area (Å²) in [5, 5.41) is 5.46. The molecule has 1 N–H and O–H groups in total. The molecule has 2 unspecified atom stereocenters. The monoisotopic (exact) mass is 240 g/mol. The molecule has 3 rings (SSSR count). The highest BCUT2D eigenvalue weighted by Gasteiger charge is 2.35. The maximum absolute atomic E-state index is 5.37. The predicted molar refractivity (Wildman–Crippen MR) is 68.0 cm³/mol. The summed E-state index contributed by atoms with van der Waals surface area (Å²) >= 11 is 1.97. The van der Waals surface area contributed by atoms with Gasteiger partial charge in [-0.15, -0.1) is 0 Å². The van der Waals surface area contributed by atoms with Gasteiger partial charge in [0.2, 0.25) is 0 Å². The number of aliphatic imine (C=N–C) groups is 1. The van der Waals surface area contributed by atoms with Crippen molar-refractivity contribution in [1.29, 1.82) is 0 Å². The van der Waals surface area contributed by atoms with Gasteiger partial charge in [-0.1, -0.05) is 11.8 Å². The van der Waals surface area contributed by atoms with Gasteiger partial charge in [0.05, 0.1) is 6.54 Å². The summed E-state index contributed by atoms with van der Waals surface area (Å²) in [5.41, 5.74) is 0. The zero-order valence-electron chi connectivity index (χ0n) is 9.65. The van der Waals surface area contributed by atoms with Gasteiger partial charge in [-0.3, -0.25) is 4.99 Å². The molecule has 4 heteroatoms. The van der Waals surface area contributed by atoms with E-state index in [2.05, 4.69) is 10.3 Å². The third-order valence-electron chi connectivity index (χ3n) is 3.68. The lowest BCUT2D eigenvalue weighted by molar-refractivity contribution is 0.184. The van der Waals surface area contributed by atoms with E-state index >= 15 is 0 Å². The number of hydrogen-bond acceptors (Lipinski definition) is 4. The Morgan fingerprint density at radius 2 is 2.31 bits per heavy atom. The maximum atomic E-state index is 5.37. The summed E-state index contributed by atoms with van der Waals surface area (Å²) in [6.45, 7) is 4.04. The first kappa shape index (κ1) is 10.9. The smallest absolute Gasteiger partial charge is 0.156 e. The van der Waals surface area contributed by atoms with Crippen LogP contribution in [0.4, 0.5) is 0 Å². The summed E-state index contributed by atoms with van der Waals surface area (Å²) in [7, 11) is 0. The second kappa shape index (κ2) is 4.96. The van der Waals surface area contributed by atoms with E-state index in [1.807, 2.05) is 11.8 Å². The van der Waals surface area contributed by atoms with Gasteiger partial charge in [0, 0.05) is 25.0 Å². The van der Waals surface area contributed by atoms with Crippen molar-refractivity contribution in [3.63, 3.8) is 0 Å². The Bertz CT molecular complexity index is 272. The third-order valence-corrected chi connectivity index (χ3v) is 5.01. The number of hydrogen-bond donors (Lipinski definition) is 1. The average Bonchev–Trinajstić information content (AvgIpc) is 2.83. The fourth-order valence-electron chi connectivity index (χ4n) is 2.40. The molecule has 3 aliphatic rings. The molecule has 1 saturated heterocycles. The number of rotatable bonds is 4. The minimum absolute atomic E-state index is 0.777. The number of amidine groups is 1. The van der Waals surface area contributed by atoms with Crippen LogP contribution in [0.3, 0.4) is 0 Å². The molecule has 0 amide bonds. The zero-order valence-corrected chi connectivity index (χ0v) is 10.5. The fourth-order valence-corrected chi connectivity index (χ4v) is 3.63. The van der Waals surface area contributed by atoms with Crippen LogP contribution in [-0.2, 0) is 4.74 Å². The van der Waals surface area contributed by atoms with Crippen molar-refractivity contribution in [1.82, 2.24) is 5.32 Å². The minimum atomic E-state index is 0.777. The number of nitrogens with zero attached hydrogens (tertiary/aromatic N) is 1. The standard InChI is InChI=1S/C12H20N2OS/c1-2-10(1)11-7-14-12(16-11)13-5-3-9-4-6-15-8-9/h9-11H,1-8H2,(H,13,14). The lowest BCUT2D eigenvalue weighted by Gasteiger charge is -2.10. The van der Waals surface area contributed by atoms with E-state index in [1.54, 1.807) is 0 Å². The molecule has 0 aromatic carbocycles. The Labute approximate surface area is 101 Å². The largest absolute Gasteiger partial charge is 0.381 e. The lowest BCUT2D eigenvalue weighted by Crippen LogP contribution is -2.23. The van der Waals surface area contributed by atoms with Gasteiger partial charge in [0.1, 0.15) is 0 Å². The van der Waals surface area contributed by atoms with Gasteiger partial charge in [-0.2, -0.15) is 0 Å². The Kier molecular flexibility index (Phi) is 3.38. The van der Waals surface area contributed by atoms with Gasteiger partial charge in [-0.05, 0) is 37.5 Å². The van der Waals surface area contributed by atoms with Gasteiger partial charge >= 0.3 is 0 Å². The molecular weight excluding hydrogens is 220 g/mol. The number of thioether (sulfide) groups is 1. The van der Waals surface area contributed by atoms with Crippen LogP contribution in [0.2, 0.25) is 0 Å². The van der Waals surface area contributed by atoms with Crippen molar-refractivity contribution < 1.29 is 4.74 Å². The quantitative estimate of drug-likeness (QED) is 0.814. The van der Waals surface area contributed by atoms with E-state index in [-0.39, 0.29) is 0 Å². The van der Waals surface area contributed by atoms with Crippen molar-refractivity contribution in [2.75, 3.05) is 26.3 Å². The van der Waals surface area contributed by atoms with Crippen LogP contribution in [0.25, 0.3) is 0 Å². The van der Waals surface area contributed by atoms with Crippen molar-refractivity contribution >= 4 is 16.9 Å². The third kappa shape index (κ3) is 2.72. The van der Waals surface area contributed by atoms with Crippen LogP contribution in [0.1, 0.15) is 25.7 Å². The van der Waals surface area contributed by atoms with Crippen LogP contribution in [0.5, 0.6) is 0 Å². The van der Waals surface area contributed by atoms with Gasteiger partial charge in [-0.25, -0.2) is 0 Å². The van der Waals surface area contributed by atoms with Crippen LogP contribution in [-0.4, -0.2) is 36.7 Å². The first-order valence-corrected chi connectivity index (χ1v) is 7.32. The van der Waals surface area contributed by atoms with Gasteiger partial charge in [0.15, 0.2) is 5.17 Å². The molecule has 0 aromatic heterocycles. The Morgan fingerprint density at radius 1 is 1.38 bits per heavy atom. The highest BCUT2D eigenvalue weighted by atomic mass is 32.2. The van der Waals surface area contributed by atoms with Crippen LogP contribution < -0.4 is 5.32 Å². The highest BCUT2D eigenvalue weighted by molar-refractivity contribution is 8.14. The SMILES string of the molecule is C(CC1CCOC1)NC1=NCC(C2CC2)S1. The summed E-state index contributed by atoms with van der Waals surface area (Å²) < 4.78 is 5.37. The van der Waals surface area contributed by atoms with E-state index in [4.69, 9.17) is 4.74 Å². The summed E-state index contributed by atoms with van der Waals surface area (Å²) in [4.78, 5) is 4.58. The molecule has 1 aliphatic carbocycles.